The molecule has 0 unspecified atom stereocenters. The first-order valence-corrected chi connectivity index (χ1v) is 11.6. The van der Waals surface area contributed by atoms with Crippen molar-refractivity contribution in [3.05, 3.63) is 83.1 Å². The summed E-state index contributed by atoms with van der Waals surface area (Å²) in [6, 6.07) is 11.7. The van der Waals surface area contributed by atoms with Crippen molar-refractivity contribution in [1.82, 2.24) is 24.4 Å². The Morgan fingerprint density at radius 3 is 2.57 bits per heavy atom. The number of benzene rings is 1. The Morgan fingerprint density at radius 2 is 1.86 bits per heavy atom. The van der Waals surface area contributed by atoms with Crippen molar-refractivity contribution in [2.24, 2.45) is 0 Å². The molecule has 0 saturated carbocycles. The smallest absolute Gasteiger partial charge is 0.340 e. The maximum Gasteiger partial charge on any atom is 0.340 e. The maximum absolute atomic E-state index is 12.5. The van der Waals surface area contributed by atoms with E-state index in [0.717, 1.165) is 40.3 Å². The molecule has 0 radical (unpaired) electrons. The average Bonchev–Trinajstić information content (AvgIpc) is 3.40. The number of pyridine rings is 1. The quantitative estimate of drug-likeness (QED) is 0.304. The number of hydrogen-bond acceptors (Lipinski definition) is 5. The van der Waals surface area contributed by atoms with Gasteiger partial charge in [-0.1, -0.05) is 18.2 Å². The lowest BCUT2D eigenvalue weighted by Crippen LogP contribution is -2.20. The molecule has 8 nitrogen and oxygen atoms in total. The van der Waals surface area contributed by atoms with E-state index in [9.17, 15) is 9.59 Å². The first-order valence-electron chi connectivity index (χ1n) is 11.6. The van der Waals surface area contributed by atoms with Gasteiger partial charge in [0.15, 0.2) is 0 Å². The number of aromatic nitrogens is 4. The number of carbonyl (C=O) groups is 2. The molecular formula is C27H29N5O3. The molecule has 0 bridgehead atoms. The van der Waals surface area contributed by atoms with Gasteiger partial charge < -0.3 is 14.6 Å². The molecule has 0 aliphatic heterocycles. The van der Waals surface area contributed by atoms with Crippen LogP contribution in [0.5, 0.6) is 0 Å². The number of ether oxygens (including phenoxy) is 1. The van der Waals surface area contributed by atoms with E-state index in [1.54, 1.807) is 25.5 Å². The lowest BCUT2D eigenvalue weighted by molar-refractivity contribution is -0.116. The zero-order valence-electron chi connectivity index (χ0n) is 20.4. The molecule has 1 aromatic carbocycles. The van der Waals surface area contributed by atoms with Crippen molar-refractivity contribution in [2.45, 2.75) is 40.8 Å². The largest absolute Gasteiger partial charge is 0.462 e. The molecule has 0 saturated heterocycles. The molecule has 0 fully saturated rings. The Hall–Kier alpha value is -4.20. The number of esters is 1. The van der Waals surface area contributed by atoms with E-state index in [4.69, 9.17) is 4.74 Å². The number of nitrogens with zero attached hydrogens (tertiary/aromatic N) is 4. The average molecular weight is 472 g/mol. The van der Waals surface area contributed by atoms with E-state index in [0.29, 0.717) is 24.3 Å². The van der Waals surface area contributed by atoms with Crippen molar-refractivity contribution in [3.63, 3.8) is 0 Å². The molecular weight excluding hydrogens is 442 g/mol. The number of imidazole rings is 1. The number of para-hydroxylation sites is 2. The number of nitrogens with one attached hydrogen (secondary N) is 1. The summed E-state index contributed by atoms with van der Waals surface area (Å²) < 4.78 is 9.20. The van der Waals surface area contributed by atoms with Crippen molar-refractivity contribution >= 4 is 29.0 Å². The fourth-order valence-corrected chi connectivity index (χ4v) is 4.26. The Labute approximate surface area is 204 Å². The lowest BCUT2D eigenvalue weighted by Gasteiger charge is -2.06. The van der Waals surface area contributed by atoms with Crippen LogP contribution in [0.3, 0.4) is 0 Å². The van der Waals surface area contributed by atoms with Crippen LogP contribution in [0, 0.1) is 13.8 Å². The molecule has 0 aliphatic carbocycles. The highest BCUT2D eigenvalue weighted by Crippen LogP contribution is 2.25. The van der Waals surface area contributed by atoms with Crippen LogP contribution < -0.4 is 5.32 Å². The first-order chi connectivity index (χ1) is 16.9. The highest BCUT2D eigenvalue weighted by Gasteiger charge is 2.22. The molecule has 4 rings (SSSR count). The van der Waals surface area contributed by atoms with Crippen molar-refractivity contribution in [3.8, 4) is 5.82 Å². The SMILES string of the molecule is CCOC(=O)c1c(/C=C/C(=O)NCc2ccc(-n3cnc4ccccc43)nc2)c(C)n(CC)c1C. The lowest BCUT2D eigenvalue weighted by atomic mass is 10.1. The van der Waals surface area contributed by atoms with Gasteiger partial charge in [-0.15, -0.1) is 0 Å². The van der Waals surface area contributed by atoms with E-state index in [1.165, 1.54) is 6.08 Å². The molecule has 3 heterocycles. The fourth-order valence-electron chi connectivity index (χ4n) is 4.26. The first kappa shape index (κ1) is 23.9. The summed E-state index contributed by atoms with van der Waals surface area (Å²) in [7, 11) is 0. The zero-order chi connectivity index (χ0) is 24.9. The van der Waals surface area contributed by atoms with Crippen molar-refractivity contribution in [1.29, 1.82) is 0 Å². The number of fused-ring (bicyclic) bond motifs is 1. The predicted molar refractivity (Wildman–Crippen MR) is 135 cm³/mol. The van der Waals surface area contributed by atoms with Gasteiger partial charge in [-0.2, -0.15) is 0 Å². The van der Waals surface area contributed by atoms with Gasteiger partial charge >= 0.3 is 5.97 Å². The van der Waals surface area contributed by atoms with Gasteiger partial charge in [-0.25, -0.2) is 14.8 Å². The molecule has 4 aromatic rings. The molecule has 3 aromatic heterocycles. The van der Waals surface area contributed by atoms with Gasteiger partial charge in [0.25, 0.3) is 0 Å². The second-order valence-corrected chi connectivity index (χ2v) is 8.10. The van der Waals surface area contributed by atoms with E-state index in [-0.39, 0.29) is 11.9 Å². The number of carbonyl (C=O) groups excluding carboxylic acids is 2. The van der Waals surface area contributed by atoms with Gasteiger partial charge in [0.05, 0.1) is 23.2 Å². The van der Waals surface area contributed by atoms with Crippen LogP contribution in [0.25, 0.3) is 22.9 Å². The Morgan fingerprint density at radius 1 is 1.06 bits per heavy atom. The summed E-state index contributed by atoms with van der Waals surface area (Å²) >= 11 is 0. The fraction of sp³-hybridized carbons (Fsp3) is 0.259. The number of rotatable bonds is 8. The Balaban J connectivity index is 1.44. The minimum absolute atomic E-state index is 0.259. The van der Waals surface area contributed by atoms with E-state index in [2.05, 4.69) is 15.3 Å². The summed E-state index contributed by atoms with van der Waals surface area (Å²) in [4.78, 5) is 34.0. The summed E-state index contributed by atoms with van der Waals surface area (Å²) in [5, 5.41) is 2.87. The van der Waals surface area contributed by atoms with E-state index in [1.807, 2.05) is 66.3 Å². The third-order valence-corrected chi connectivity index (χ3v) is 6.00. The van der Waals surface area contributed by atoms with Crippen LogP contribution in [0.2, 0.25) is 0 Å². The Kier molecular flexibility index (Phi) is 7.10. The minimum Gasteiger partial charge on any atom is -0.462 e. The van der Waals surface area contributed by atoms with Crippen LogP contribution >= 0.6 is 0 Å². The van der Waals surface area contributed by atoms with Crippen LogP contribution in [0.4, 0.5) is 0 Å². The monoisotopic (exact) mass is 471 g/mol. The molecule has 180 valence electrons. The molecule has 35 heavy (non-hydrogen) atoms. The van der Waals surface area contributed by atoms with Gasteiger partial charge in [0.1, 0.15) is 12.1 Å². The summed E-state index contributed by atoms with van der Waals surface area (Å²) in [5.41, 5.74) is 5.72. The normalized spacial score (nSPS) is 11.3. The predicted octanol–water partition coefficient (Wildman–Crippen LogP) is 4.37. The highest BCUT2D eigenvalue weighted by atomic mass is 16.5. The Bertz CT molecular complexity index is 1400. The third kappa shape index (κ3) is 4.87. The van der Waals surface area contributed by atoms with Gasteiger partial charge in [0, 0.05) is 42.3 Å². The summed E-state index contributed by atoms with van der Waals surface area (Å²) in [5.74, 6) is 0.120. The van der Waals surface area contributed by atoms with Crippen LogP contribution in [-0.4, -0.2) is 37.6 Å². The zero-order valence-corrected chi connectivity index (χ0v) is 20.4. The van der Waals surface area contributed by atoms with Crippen molar-refractivity contribution < 1.29 is 14.3 Å². The molecule has 1 amide bonds. The van der Waals surface area contributed by atoms with Gasteiger partial charge in [-0.3, -0.25) is 9.36 Å². The van der Waals surface area contributed by atoms with Gasteiger partial charge in [0.2, 0.25) is 5.91 Å². The van der Waals surface area contributed by atoms with E-state index >= 15 is 0 Å². The molecule has 8 heteroatoms. The van der Waals surface area contributed by atoms with E-state index < -0.39 is 0 Å². The topological polar surface area (TPSA) is 91.0 Å². The molecule has 0 atom stereocenters. The maximum atomic E-state index is 12.5. The highest BCUT2D eigenvalue weighted by molar-refractivity contribution is 5.98. The van der Waals surface area contributed by atoms with Crippen LogP contribution in [-0.2, 0) is 22.6 Å². The minimum atomic E-state index is -0.378. The standard InChI is InChI=1S/C27H29N5O3/c1-5-31-18(3)21(26(19(31)4)27(34)35-6-2)12-14-25(33)29-16-20-11-13-24(28-15-20)32-17-30-22-9-7-8-10-23(22)32/h7-15,17H,5-6,16H2,1-4H3,(H,29,33)/b14-12+. The molecule has 0 aliphatic rings. The van der Waals surface area contributed by atoms with Gasteiger partial charge in [-0.05, 0) is 57.5 Å². The van der Waals surface area contributed by atoms with Crippen LogP contribution in [0.15, 0.2) is 55.0 Å². The second kappa shape index (κ2) is 10.4. The molecule has 0 spiro atoms. The second-order valence-electron chi connectivity index (χ2n) is 8.10. The number of amides is 1. The van der Waals surface area contributed by atoms with Crippen molar-refractivity contribution in [2.75, 3.05) is 6.61 Å². The summed E-state index contributed by atoms with van der Waals surface area (Å²) in [6.45, 7) is 8.98. The molecule has 1 N–H and O–H groups in total. The van der Waals surface area contributed by atoms with Crippen LogP contribution in [0.1, 0.15) is 46.7 Å². The number of hydrogen-bond donors (Lipinski definition) is 1. The third-order valence-electron chi connectivity index (χ3n) is 6.00. The summed E-state index contributed by atoms with van der Waals surface area (Å²) in [6.07, 6.45) is 6.62.